The molecule has 0 bridgehead atoms. The van der Waals surface area contributed by atoms with Crippen LogP contribution in [0.25, 0.3) is 32.7 Å². The molecule has 1 amide bonds. The van der Waals surface area contributed by atoms with Crippen LogP contribution < -0.4 is 5.32 Å². The van der Waals surface area contributed by atoms with Gasteiger partial charge in [-0.05, 0) is 69.6 Å². The fourth-order valence-electron chi connectivity index (χ4n) is 4.59. The van der Waals surface area contributed by atoms with E-state index in [0.717, 1.165) is 68.3 Å². The van der Waals surface area contributed by atoms with Crippen molar-refractivity contribution in [2.24, 2.45) is 0 Å². The Morgan fingerprint density at radius 2 is 2.05 bits per heavy atom. The summed E-state index contributed by atoms with van der Waals surface area (Å²) < 4.78 is 11.2. The van der Waals surface area contributed by atoms with Crippen LogP contribution in [0.4, 0.5) is 5.69 Å². The number of aromatic amines is 1. The standard InChI is InChI=1S/C27H30ClN5O3S/c1-16-10-17(6-7-20(16)31-23(34)14-33(2)3)21-11-18-24(19(28)12-29-25(18)32-21)22-13-30-26(37-22)27(8-5-9-27)36-15-35-4/h6-7,10-13H,5,8-9,14-15H2,1-4H3,(H,29,32)(H,31,34). The van der Waals surface area contributed by atoms with Crippen molar-refractivity contribution in [1.29, 1.82) is 0 Å². The number of hydrogen-bond donors (Lipinski definition) is 2. The molecule has 2 N–H and O–H groups in total. The van der Waals surface area contributed by atoms with Gasteiger partial charge in [-0.1, -0.05) is 17.7 Å². The summed E-state index contributed by atoms with van der Waals surface area (Å²) in [5, 5.41) is 5.43. The van der Waals surface area contributed by atoms with Crippen molar-refractivity contribution in [3.63, 3.8) is 0 Å². The number of pyridine rings is 1. The number of anilines is 1. The second kappa shape index (κ2) is 10.5. The molecule has 10 heteroatoms. The Hall–Kier alpha value is -2.82. The number of H-pyrrole nitrogens is 1. The smallest absolute Gasteiger partial charge is 0.238 e. The van der Waals surface area contributed by atoms with Crippen LogP contribution in [0.2, 0.25) is 5.02 Å². The number of aromatic nitrogens is 3. The van der Waals surface area contributed by atoms with Gasteiger partial charge in [0.2, 0.25) is 5.91 Å². The van der Waals surface area contributed by atoms with Crippen LogP contribution in [-0.4, -0.2) is 60.3 Å². The Morgan fingerprint density at radius 3 is 2.73 bits per heavy atom. The van der Waals surface area contributed by atoms with E-state index >= 15 is 0 Å². The summed E-state index contributed by atoms with van der Waals surface area (Å²) in [6.45, 7) is 2.56. The average Bonchev–Trinajstić information content (AvgIpc) is 3.47. The Bertz CT molecular complexity index is 1440. The number of aryl methyl sites for hydroxylation is 1. The van der Waals surface area contributed by atoms with Crippen molar-refractivity contribution in [3.8, 4) is 21.7 Å². The van der Waals surface area contributed by atoms with Gasteiger partial charge in [0.1, 0.15) is 23.0 Å². The number of ether oxygens (including phenoxy) is 2. The summed E-state index contributed by atoms with van der Waals surface area (Å²) in [7, 11) is 5.37. The van der Waals surface area contributed by atoms with Crippen molar-refractivity contribution >= 4 is 45.6 Å². The summed E-state index contributed by atoms with van der Waals surface area (Å²) in [6.07, 6.45) is 6.52. The van der Waals surface area contributed by atoms with Crippen molar-refractivity contribution in [2.75, 3.05) is 39.9 Å². The van der Waals surface area contributed by atoms with Crippen LogP contribution in [0.15, 0.2) is 36.7 Å². The minimum absolute atomic E-state index is 0.0461. The number of fused-ring (bicyclic) bond motifs is 1. The number of rotatable bonds is 9. The number of amides is 1. The molecule has 3 heterocycles. The van der Waals surface area contributed by atoms with Gasteiger partial charge in [0, 0.05) is 41.8 Å². The van der Waals surface area contributed by atoms with Gasteiger partial charge in [-0.15, -0.1) is 11.3 Å². The van der Waals surface area contributed by atoms with Gasteiger partial charge >= 0.3 is 0 Å². The highest BCUT2D eigenvalue weighted by Crippen LogP contribution is 2.48. The van der Waals surface area contributed by atoms with Gasteiger partial charge in [-0.3, -0.25) is 4.79 Å². The first kappa shape index (κ1) is 25.8. The molecule has 1 aliphatic carbocycles. The first-order valence-corrected chi connectivity index (χ1v) is 13.3. The highest BCUT2D eigenvalue weighted by Gasteiger charge is 2.43. The lowest BCUT2D eigenvalue weighted by Gasteiger charge is -2.39. The number of methoxy groups -OCH3 is 1. The quantitative estimate of drug-likeness (QED) is 0.261. The average molecular weight is 540 g/mol. The predicted octanol–water partition coefficient (Wildman–Crippen LogP) is 5.82. The number of benzene rings is 1. The molecule has 0 saturated heterocycles. The Kier molecular flexibility index (Phi) is 7.33. The molecule has 194 valence electrons. The molecule has 8 nitrogen and oxygen atoms in total. The molecule has 0 unspecified atom stereocenters. The van der Waals surface area contributed by atoms with E-state index in [9.17, 15) is 4.79 Å². The third kappa shape index (κ3) is 5.15. The molecule has 1 aliphatic rings. The molecule has 1 saturated carbocycles. The lowest BCUT2D eigenvalue weighted by molar-refractivity contribution is -0.171. The SMILES string of the molecule is COCOC1(c2ncc(-c3c(Cl)cnc4[nH]c(-c5ccc(NC(=O)CN(C)C)c(C)c5)cc34)s2)CCC1. The van der Waals surface area contributed by atoms with Gasteiger partial charge < -0.3 is 24.7 Å². The fourth-order valence-corrected chi connectivity index (χ4v) is 6.09. The summed E-state index contributed by atoms with van der Waals surface area (Å²) >= 11 is 8.29. The van der Waals surface area contributed by atoms with Gasteiger partial charge in [0.05, 0.1) is 16.4 Å². The third-order valence-electron chi connectivity index (χ3n) is 6.64. The summed E-state index contributed by atoms with van der Waals surface area (Å²) in [4.78, 5) is 27.7. The zero-order valence-corrected chi connectivity index (χ0v) is 22.9. The van der Waals surface area contributed by atoms with E-state index in [1.54, 1.807) is 24.6 Å². The molecule has 1 fully saturated rings. The number of halogens is 1. The van der Waals surface area contributed by atoms with Crippen LogP contribution in [0.5, 0.6) is 0 Å². The summed E-state index contributed by atoms with van der Waals surface area (Å²) in [5.74, 6) is -0.0461. The zero-order chi connectivity index (χ0) is 26.2. The second-order valence-electron chi connectivity index (χ2n) is 9.67. The molecule has 0 radical (unpaired) electrons. The first-order valence-electron chi connectivity index (χ1n) is 12.1. The Morgan fingerprint density at radius 1 is 1.24 bits per heavy atom. The van der Waals surface area contributed by atoms with Crippen molar-refractivity contribution in [1.82, 2.24) is 19.9 Å². The molecule has 1 aromatic carbocycles. The predicted molar refractivity (Wildman–Crippen MR) is 148 cm³/mol. The number of carbonyl (C=O) groups excluding carboxylic acids is 1. The number of likely N-dealkylation sites (N-methyl/N-ethyl adjacent to an activating group) is 1. The maximum Gasteiger partial charge on any atom is 0.238 e. The van der Waals surface area contributed by atoms with Gasteiger partial charge in [0.15, 0.2) is 0 Å². The number of nitrogens with zero attached hydrogens (tertiary/aromatic N) is 3. The number of hydrogen-bond acceptors (Lipinski definition) is 7. The molecule has 0 aliphatic heterocycles. The highest BCUT2D eigenvalue weighted by atomic mass is 35.5. The van der Waals surface area contributed by atoms with Crippen LogP contribution in [-0.2, 0) is 19.9 Å². The Labute approximate surface area is 225 Å². The third-order valence-corrected chi connectivity index (χ3v) is 8.13. The zero-order valence-electron chi connectivity index (χ0n) is 21.4. The molecule has 4 aromatic rings. The molecule has 5 rings (SSSR count). The lowest BCUT2D eigenvalue weighted by atomic mass is 9.80. The Balaban J connectivity index is 1.46. The number of thiazole rings is 1. The van der Waals surface area contributed by atoms with E-state index in [1.165, 1.54) is 0 Å². The van der Waals surface area contributed by atoms with Crippen molar-refractivity contribution in [2.45, 2.75) is 31.8 Å². The van der Waals surface area contributed by atoms with Crippen LogP contribution in [0.3, 0.4) is 0 Å². The topological polar surface area (TPSA) is 92.4 Å². The van der Waals surface area contributed by atoms with E-state index in [1.807, 2.05) is 44.2 Å². The maximum atomic E-state index is 12.2. The monoisotopic (exact) mass is 539 g/mol. The van der Waals surface area contributed by atoms with E-state index in [0.29, 0.717) is 11.6 Å². The summed E-state index contributed by atoms with van der Waals surface area (Å²) in [5.41, 5.74) is 4.97. The molecule has 3 aromatic heterocycles. The maximum absolute atomic E-state index is 12.2. The van der Waals surface area contributed by atoms with E-state index in [-0.39, 0.29) is 18.3 Å². The van der Waals surface area contributed by atoms with Gasteiger partial charge in [0.25, 0.3) is 0 Å². The second-order valence-corrected chi connectivity index (χ2v) is 11.1. The van der Waals surface area contributed by atoms with E-state index in [4.69, 9.17) is 26.1 Å². The molecule has 0 atom stereocenters. The fraction of sp³-hybridized carbons (Fsp3) is 0.370. The largest absolute Gasteiger partial charge is 0.359 e. The number of carbonyl (C=O) groups is 1. The van der Waals surface area contributed by atoms with Gasteiger partial charge in [-0.2, -0.15) is 0 Å². The molecule has 0 spiro atoms. The normalized spacial score (nSPS) is 14.8. The first-order chi connectivity index (χ1) is 17.8. The summed E-state index contributed by atoms with van der Waals surface area (Å²) in [6, 6.07) is 8.04. The number of nitrogens with one attached hydrogen (secondary N) is 2. The minimum Gasteiger partial charge on any atom is -0.359 e. The lowest BCUT2D eigenvalue weighted by Crippen LogP contribution is -2.37. The van der Waals surface area contributed by atoms with Gasteiger partial charge in [-0.25, -0.2) is 9.97 Å². The molecular weight excluding hydrogens is 510 g/mol. The van der Waals surface area contributed by atoms with Crippen LogP contribution in [0.1, 0.15) is 29.8 Å². The molecule has 37 heavy (non-hydrogen) atoms. The van der Waals surface area contributed by atoms with Crippen LogP contribution in [0, 0.1) is 6.92 Å². The van der Waals surface area contributed by atoms with E-state index in [2.05, 4.69) is 27.4 Å². The van der Waals surface area contributed by atoms with Crippen LogP contribution >= 0.6 is 22.9 Å². The highest BCUT2D eigenvalue weighted by molar-refractivity contribution is 7.15. The van der Waals surface area contributed by atoms with Crippen molar-refractivity contribution in [3.05, 3.63) is 52.3 Å². The van der Waals surface area contributed by atoms with E-state index < -0.39 is 0 Å². The van der Waals surface area contributed by atoms with Crippen molar-refractivity contribution < 1.29 is 14.3 Å². The molecular formula is C27H30ClN5O3S. The minimum atomic E-state index is -0.373.